The van der Waals surface area contributed by atoms with E-state index in [1.165, 1.54) is 0 Å². The van der Waals surface area contributed by atoms with Crippen LogP contribution in [0.1, 0.15) is 33.1 Å². The fraction of sp³-hybridized carbons (Fsp3) is 0.824. The maximum Gasteiger partial charge on any atom is 0.242 e. The van der Waals surface area contributed by atoms with E-state index in [9.17, 15) is 14.4 Å². The zero-order valence-corrected chi connectivity index (χ0v) is 15.8. The van der Waals surface area contributed by atoms with Gasteiger partial charge in [-0.15, -0.1) is 12.4 Å². The number of ether oxygens (including phenoxy) is 1. The van der Waals surface area contributed by atoms with Crippen LogP contribution in [0.5, 0.6) is 0 Å². The molecule has 7 nitrogen and oxygen atoms in total. The molecule has 3 aliphatic heterocycles. The molecule has 0 aromatic carbocycles. The van der Waals surface area contributed by atoms with E-state index in [1.807, 2.05) is 13.8 Å². The number of imide groups is 1. The average Bonchev–Trinajstić information content (AvgIpc) is 3.21. The fourth-order valence-electron chi connectivity index (χ4n) is 3.99. The van der Waals surface area contributed by atoms with Gasteiger partial charge in [-0.2, -0.15) is 0 Å². The number of nitrogens with zero attached hydrogens (tertiary/aromatic N) is 2. The second kappa shape index (κ2) is 7.60. The Morgan fingerprint density at radius 3 is 2.24 bits per heavy atom. The van der Waals surface area contributed by atoms with Gasteiger partial charge in [0, 0.05) is 19.6 Å². The first-order valence-electron chi connectivity index (χ1n) is 8.81. The minimum Gasteiger partial charge on any atom is -0.373 e. The van der Waals surface area contributed by atoms with Crippen molar-refractivity contribution in [1.82, 2.24) is 9.80 Å². The van der Waals surface area contributed by atoms with Gasteiger partial charge in [0.05, 0.1) is 24.0 Å². The number of carbonyl (C=O) groups excluding carboxylic acids is 3. The number of carbonyl (C=O) groups is 3. The number of nitrogens with two attached hydrogens (primary N) is 1. The third kappa shape index (κ3) is 3.55. The SMILES string of the molecule is CC(C)C(N)CCN(C)C(=O)CN1C(=O)C2C3CCC(O3)C2C1=O.Cl. The van der Waals surface area contributed by atoms with Crippen molar-refractivity contribution in [2.75, 3.05) is 20.1 Å². The molecular weight excluding hydrogens is 346 g/mol. The van der Waals surface area contributed by atoms with Gasteiger partial charge in [-0.25, -0.2) is 0 Å². The number of amides is 3. The van der Waals surface area contributed by atoms with Gasteiger partial charge in [0.1, 0.15) is 6.54 Å². The van der Waals surface area contributed by atoms with Gasteiger partial charge in [0.2, 0.25) is 17.7 Å². The molecule has 3 amide bonds. The molecule has 25 heavy (non-hydrogen) atoms. The molecule has 3 heterocycles. The summed E-state index contributed by atoms with van der Waals surface area (Å²) in [5.41, 5.74) is 6.00. The highest BCUT2D eigenvalue weighted by atomic mass is 35.5. The second-order valence-corrected chi connectivity index (χ2v) is 7.62. The lowest BCUT2D eigenvalue weighted by molar-refractivity contribution is -0.148. The first-order chi connectivity index (χ1) is 11.3. The van der Waals surface area contributed by atoms with Crippen LogP contribution >= 0.6 is 12.4 Å². The summed E-state index contributed by atoms with van der Waals surface area (Å²) in [6, 6.07) is 0.0300. The van der Waals surface area contributed by atoms with Crippen LogP contribution in [0.4, 0.5) is 0 Å². The highest BCUT2D eigenvalue weighted by Crippen LogP contribution is 2.48. The van der Waals surface area contributed by atoms with Crippen LogP contribution in [-0.4, -0.2) is 65.9 Å². The van der Waals surface area contributed by atoms with E-state index in [-0.39, 0.29) is 66.8 Å². The molecule has 3 rings (SSSR count). The third-order valence-corrected chi connectivity index (χ3v) is 5.75. The second-order valence-electron chi connectivity index (χ2n) is 7.62. The summed E-state index contributed by atoms with van der Waals surface area (Å²) in [5, 5.41) is 0. The molecule has 3 fully saturated rings. The number of likely N-dealkylation sites (tertiary alicyclic amines) is 1. The van der Waals surface area contributed by atoms with Crippen molar-refractivity contribution >= 4 is 30.1 Å². The maximum atomic E-state index is 12.5. The molecule has 3 aliphatic rings. The summed E-state index contributed by atoms with van der Waals surface area (Å²) in [7, 11) is 1.69. The Hall–Kier alpha value is -1.18. The molecule has 2 N–H and O–H groups in total. The predicted molar refractivity (Wildman–Crippen MR) is 93.9 cm³/mol. The van der Waals surface area contributed by atoms with Crippen molar-refractivity contribution in [3.05, 3.63) is 0 Å². The fourth-order valence-corrected chi connectivity index (χ4v) is 3.99. The maximum absolute atomic E-state index is 12.5. The Morgan fingerprint density at radius 2 is 1.76 bits per heavy atom. The topological polar surface area (TPSA) is 92.9 Å². The van der Waals surface area contributed by atoms with E-state index in [0.29, 0.717) is 18.9 Å². The van der Waals surface area contributed by atoms with Gasteiger partial charge in [0.15, 0.2) is 0 Å². The molecule has 0 aromatic heterocycles. The van der Waals surface area contributed by atoms with Crippen molar-refractivity contribution < 1.29 is 19.1 Å². The lowest BCUT2D eigenvalue weighted by Gasteiger charge is -2.24. The van der Waals surface area contributed by atoms with Crippen LogP contribution in [-0.2, 0) is 19.1 Å². The van der Waals surface area contributed by atoms with Crippen LogP contribution < -0.4 is 5.73 Å². The zero-order valence-electron chi connectivity index (χ0n) is 15.0. The van der Waals surface area contributed by atoms with Crippen molar-refractivity contribution in [2.45, 2.75) is 51.4 Å². The van der Waals surface area contributed by atoms with Crippen LogP contribution in [0.3, 0.4) is 0 Å². The van der Waals surface area contributed by atoms with Gasteiger partial charge in [-0.05, 0) is 25.2 Å². The Balaban J connectivity index is 0.00000225. The number of likely N-dealkylation sites (N-methyl/N-ethyl adjacent to an activating group) is 1. The average molecular weight is 374 g/mol. The van der Waals surface area contributed by atoms with Crippen molar-refractivity contribution in [1.29, 1.82) is 0 Å². The highest BCUT2D eigenvalue weighted by molar-refractivity contribution is 6.08. The molecule has 8 heteroatoms. The first-order valence-corrected chi connectivity index (χ1v) is 8.81. The lowest BCUT2D eigenvalue weighted by Crippen LogP contribution is -2.44. The molecule has 0 aliphatic carbocycles. The zero-order chi connectivity index (χ0) is 17.6. The molecule has 0 spiro atoms. The number of halogens is 1. The van der Waals surface area contributed by atoms with Crippen molar-refractivity contribution in [3.63, 3.8) is 0 Å². The van der Waals surface area contributed by atoms with Gasteiger partial charge in [0.25, 0.3) is 0 Å². The molecule has 0 saturated carbocycles. The van der Waals surface area contributed by atoms with Gasteiger partial charge in [-0.1, -0.05) is 13.8 Å². The minimum atomic E-state index is -0.372. The van der Waals surface area contributed by atoms with Crippen molar-refractivity contribution in [3.8, 4) is 0 Å². The standard InChI is InChI=1S/C17H27N3O4.ClH/c1-9(2)10(18)6-7-19(3)13(21)8-20-16(22)14-11-4-5-12(24-11)15(14)17(20)23;/h9-12,14-15H,4-8,18H2,1-3H3;1H. The van der Waals surface area contributed by atoms with E-state index in [0.717, 1.165) is 17.7 Å². The van der Waals surface area contributed by atoms with E-state index in [2.05, 4.69) is 0 Å². The lowest BCUT2D eigenvalue weighted by atomic mass is 9.81. The Morgan fingerprint density at radius 1 is 1.24 bits per heavy atom. The van der Waals surface area contributed by atoms with Gasteiger partial charge < -0.3 is 15.4 Å². The quantitative estimate of drug-likeness (QED) is 0.680. The van der Waals surface area contributed by atoms with Gasteiger partial charge >= 0.3 is 0 Å². The van der Waals surface area contributed by atoms with Crippen LogP contribution in [0, 0.1) is 17.8 Å². The highest BCUT2D eigenvalue weighted by Gasteiger charge is 2.62. The first kappa shape index (κ1) is 20.1. The van der Waals surface area contributed by atoms with E-state index in [4.69, 9.17) is 10.5 Å². The van der Waals surface area contributed by atoms with Crippen LogP contribution in [0.25, 0.3) is 0 Å². The summed E-state index contributed by atoms with van der Waals surface area (Å²) in [4.78, 5) is 40.1. The minimum absolute atomic E-state index is 0. The summed E-state index contributed by atoms with van der Waals surface area (Å²) in [6.45, 7) is 4.44. The summed E-state index contributed by atoms with van der Waals surface area (Å²) in [6.07, 6.45) is 2.08. The molecule has 0 aromatic rings. The third-order valence-electron chi connectivity index (χ3n) is 5.75. The molecule has 0 radical (unpaired) electrons. The monoisotopic (exact) mass is 373 g/mol. The largest absolute Gasteiger partial charge is 0.373 e. The van der Waals surface area contributed by atoms with E-state index >= 15 is 0 Å². The normalized spacial score (nSPS) is 31.3. The summed E-state index contributed by atoms with van der Waals surface area (Å²) < 4.78 is 5.69. The Labute approximate surface area is 154 Å². The van der Waals surface area contributed by atoms with Crippen LogP contribution in [0.15, 0.2) is 0 Å². The number of rotatable bonds is 6. The van der Waals surface area contributed by atoms with E-state index < -0.39 is 0 Å². The summed E-state index contributed by atoms with van der Waals surface area (Å²) >= 11 is 0. The number of hydrogen-bond acceptors (Lipinski definition) is 5. The smallest absolute Gasteiger partial charge is 0.242 e. The van der Waals surface area contributed by atoms with E-state index in [1.54, 1.807) is 11.9 Å². The molecule has 142 valence electrons. The van der Waals surface area contributed by atoms with Crippen molar-refractivity contribution in [2.24, 2.45) is 23.5 Å². The molecule has 5 atom stereocenters. The predicted octanol–water partition coefficient (Wildman–Crippen LogP) is 0.402. The Kier molecular flexibility index (Phi) is 6.12. The molecule has 5 unspecified atom stereocenters. The summed E-state index contributed by atoms with van der Waals surface area (Å²) in [5.74, 6) is -1.09. The number of fused-ring (bicyclic) bond motifs is 5. The number of hydrogen-bond donors (Lipinski definition) is 1. The van der Waals surface area contributed by atoms with Gasteiger partial charge in [-0.3, -0.25) is 19.3 Å². The molecular formula is C17H28ClN3O4. The van der Waals surface area contributed by atoms with Crippen LogP contribution in [0.2, 0.25) is 0 Å². The molecule has 3 saturated heterocycles. The Bertz CT molecular complexity index is 528. The molecule has 2 bridgehead atoms.